The molecule has 0 atom stereocenters. The molecule has 3 rings (SSSR count). The maximum atomic E-state index is 4.52. The van der Waals surface area contributed by atoms with E-state index in [1.807, 2.05) is 19.2 Å². The van der Waals surface area contributed by atoms with Gasteiger partial charge in [-0.3, -0.25) is 4.98 Å². The van der Waals surface area contributed by atoms with Crippen LogP contribution < -0.4 is 0 Å². The van der Waals surface area contributed by atoms with Gasteiger partial charge < -0.3 is 4.57 Å². The van der Waals surface area contributed by atoms with E-state index >= 15 is 0 Å². The molecule has 0 saturated heterocycles. The third-order valence-electron chi connectivity index (χ3n) is 3.00. The Morgan fingerprint density at radius 3 is 2.72 bits per heavy atom. The molecule has 3 aromatic rings. The molecule has 3 nitrogen and oxygen atoms in total. The monoisotopic (exact) mass is 301 g/mol. The summed E-state index contributed by atoms with van der Waals surface area (Å²) in [6.45, 7) is 2.86. The Morgan fingerprint density at radius 2 is 1.94 bits per heavy atom. The van der Waals surface area contributed by atoms with Crippen LogP contribution in [0.25, 0.3) is 11.0 Å². The smallest absolute Gasteiger partial charge is 0.107 e. The predicted molar refractivity (Wildman–Crippen MR) is 75.5 cm³/mol. The summed E-state index contributed by atoms with van der Waals surface area (Å²) in [5.74, 6) is 1.01. The van der Waals surface area contributed by atoms with Gasteiger partial charge in [-0.05, 0) is 30.7 Å². The summed E-state index contributed by atoms with van der Waals surface area (Å²) in [7, 11) is 0. The maximum absolute atomic E-state index is 4.52. The third-order valence-corrected chi connectivity index (χ3v) is 3.52. The zero-order valence-corrected chi connectivity index (χ0v) is 11.6. The molecular weight excluding hydrogens is 290 g/mol. The molecule has 0 amide bonds. The van der Waals surface area contributed by atoms with Crippen molar-refractivity contribution in [3.63, 3.8) is 0 Å². The van der Waals surface area contributed by atoms with Gasteiger partial charge in [0.25, 0.3) is 0 Å². The number of hydrogen-bond acceptors (Lipinski definition) is 2. The minimum atomic E-state index is 0.833. The molecule has 0 aliphatic heterocycles. The molecule has 0 unspecified atom stereocenters. The number of aryl methyl sites for hydroxylation is 1. The van der Waals surface area contributed by atoms with E-state index in [1.165, 1.54) is 5.56 Å². The highest BCUT2D eigenvalue weighted by molar-refractivity contribution is 9.10. The lowest BCUT2D eigenvalue weighted by Gasteiger charge is -2.07. The van der Waals surface area contributed by atoms with Crippen molar-refractivity contribution in [2.75, 3.05) is 0 Å². The van der Waals surface area contributed by atoms with Crippen molar-refractivity contribution in [3.05, 3.63) is 58.6 Å². The minimum Gasteiger partial charge on any atom is -0.324 e. The lowest BCUT2D eigenvalue weighted by atomic mass is 10.2. The number of aromatic nitrogens is 3. The predicted octanol–water partition coefficient (Wildman–Crippen LogP) is 3.55. The van der Waals surface area contributed by atoms with Gasteiger partial charge in [0.1, 0.15) is 11.3 Å². The summed E-state index contributed by atoms with van der Waals surface area (Å²) in [6.07, 6.45) is 3.61. The topological polar surface area (TPSA) is 30.7 Å². The molecule has 0 radical (unpaired) electrons. The van der Waals surface area contributed by atoms with E-state index < -0.39 is 0 Å². The first-order chi connectivity index (χ1) is 8.74. The summed E-state index contributed by atoms with van der Waals surface area (Å²) in [5, 5.41) is 0. The van der Waals surface area contributed by atoms with Crippen LogP contribution in [0.5, 0.6) is 0 Å². The summed E-state index contributed by atoms with van der Waals surface area (Å²) < 4.78 is 3.31. The lowest BCUT2D eigenvalue weighted by Crippen LogP contribution is -2.01. The number of rotatable bonds is 2. The zero-order valence-electron chi connectivity index (χ0n) is 9.97. The van der Waals surface area contributed by atoms with Crippen molar-refractivity contribution >= 4 is 27.0 Å². The van der Waals surface area contributed by atoms with Crippen LogP contribution in [0, 0.1) is 6.92 Å². The minimum absolute atomic E-state index is 0.833. The standard InChI is InChI=1S/C14H12BrN3/c1-10-17-13-8-16-7-6-14(13)18(10)9-11-2-4-12(15)5-3-11/h2-8H,9H2,1H3. The Hall–Kier alpha value is -1.68. The first-order valence-corrected chi connectivity index (χ1v) is 6.54. The van der Waals surface area contributed by atoms with Crippen LogP contribution in [0.3, 0.4) is 0 Å². The highest BCUT2D eigenvalue weighted by Crippen LogP contribution is 2.17. The van der Waals surface area contributed by atoms with Crippen LogP contribution in [-0.4, -0.2) is 14.5 Å². The van der Waals surface area contributed by atoms with E-state index in [2.05, 4.69) is 54.7 Å². The molecule has 0 saturated carbocycles. The van der Waals surface area contributed by atoms with E-state index in [1.54, 1.807) is 6.20 Å². The van der Waals surface area contributed by atoms with Gasteiger partial charge in [-0.15, -0.1) is 0 Å². The molecule has 2 heterocycles. The van der Waals surface area contributed by atoms with E-state index in [4.69, 9.17) is 0 Å². The average Bonchev–Trinajstić information content (AvgIpc) is 2.69. The molecule has 0 spiro atoms. The van der Waals surface area contributed by atoms with Gasteiger partial charge in [-0.1, -0.05) is 28.1 Å². The number of hydrogen-bond donors (Lipinski definition) is 0. The Morgan fingerprint density at radius 1 is 1.17 bits per heavy atom. The van der Waals surface area contributed by atoms with Crippen molar-refractivity contribution in [2.45, 2.75) is 13.5 Å². The second kappa shape index (κ2) is 4.53. The fourth-order valence-corrected chi connectivity index (χ4v) is 2.34. The number of pyridine rings is 1. The van der Waals surface area contributed by atoms with Gasteiger partial charge in [0.15, 0.2) is 0 Å². The zero-order chi connectivity index (χ0) is 12.5. The largest absolute Gasteiger partial charge is 0.324 e. The molecule has 18 heavy (non-hydrogen) atoms. The van der Waals surface area contributed by atoms with Crippen molar-refractivity contribution in [1.82, 2.24) is 14.5 Å². The van der Waals surface area contributed by atoms with E-state index in [-0.39, 0.29) is 0 Å². The van der Waals surface area contributed by atoms with Crippen molar-refractivity contribution in [1.29, 1.82) is 0 Å². The van der Waals surface area contributed by atoms with Gasteiger partial charge in [0, 0.05) is 17.2 Å². The van der Waals surface area contributed by atoms with Gasteiger partial charge >= 0.3 is 0 Å². The van der Waals surface area contributed by atoms with Gasteiger partial charge in [0.05, 0.1) is 11.7 Å². The first kappa shape index (κ1) is 11.4. The van der Waals surface area contributed by atoms with E-state index in [0.717, 1.165) is 27.9 Å². The van der Waals surface area contributed by atoms with Crippen molar-refractivity contribution in [3.8, 4) is 0 Å². The maximum Gasteiger partial charge on any atom is 0.107 e. The van der Waals surface area contributed by atoms with Crippen molar-refractivity contribution < 1.29 is 0 Å². The molecule has 0 N–H and O–H groups in total. The molecule has 0 aliphatic rings. The normalized spacial score (nSPS) is 11.0. The number of imidazole rings is 1. The average molecular weight is 302 g/mol. The van der Waals surface area contributed by atoms with Gasteiger partial charge in [0.2, 0.25) is 0 Å². The van der Waals surface area contributed by atoms with Gasteiger partial charge in [-0.25, -0.2) is 4.98 Å². The Bertz CT molecular complexity index is 686. The molecule has 0 bridgehead atoms. The second-order valence-electron chi connectivity index (χ2n) is 4.24. The van der Waals surface area contributed by atoms with E-state index in [9.17, 15) is 0 Å². The molecule has 90 valence electrons. The second-order valence-corrected chi connectivity index (χ2v) is 5.15. The summed E-state index contributed by atoms with van der Waals surface area (Å²) in [6, 6.07) is 10.4. The highest BCUT2D eigenvalue weighted by Gasteiger charge is 2.07. The molecular formula is C14H12BrN3. The number of nitrogens with zero attached hydrogens (tertiary/aromatic N) is 3. The number of benzene rings is 1. The molecule has 0 aliphatic carbocycles. The first-order valence-electron chi connectivity index (χ1n) is 5.75. The molecule has 2 aromatic heterocycles. The number of halogens is 1. The Balaban J connectivity index is 2.04. The Labute approximate surface area is 114 Å². The van der Waals surface area contributed by atoms with Crippen molar-refractivity contribution in [2.24, 2.45) is 0 Å². The fraction of sp³-hybridized carbons (Fsp3) is 0.143. The molecule has 1 aromatic carbocycles. The third kappa shape index (κ3) is 2.04. The highest BCUT2D eigenvalue weighted by atomic mass is 79.9. The van der Waals surface area contributed by atoms with Crippen LogP contribution in [-0.2, 0) is 6.54 Å². The lowest BCUT2D eigenvalue weighted by molar-refractivity contribution is 0.786. The summed E-state index contributed by atoms with van der Waals surface area (Å²) in [5.41, 5.74) is 3.34. The number of fused-ring (bicyclic) bond motifs is 1. The van der Waals surface area contributed by atoms with Gasteiger partial charge in [-0.2, -0.15) is 0 Å². The fourth-order valence-electron chi connectivity index (χ4n) is 2.07. The van der Waals surface area contributed by atoms with Crippen LogP contribution >= 0.6 is 15.9 Å². The van der Waals surface area contributed by atoms with Crippen LogP contribution in [0.1, 0.15) is 11.4 Å². The molecule has 4 heteroatoms. The summed E-state index contributed by atoms with van der Waals surface area (Å²) in [4.78, 5) is 8.62. The van der Waals surface area contributed by atoms with Crippen LogP contribution in [0.4, 0.5) is 0 Å². The van der Waals surface area contributed by atoms with Crippen LogP contribution in [0.15, 0.2) is 47.2 Å². The van der Waals surface area contributed by atoms with E-state index in [0.29, 0.717) is 0 Å². The Kier molecular flexibility index (Phi) is 2.88. The SMILES string of the molecule is Cc1nc2cnccc2n1Cc1ccc(Br)cc1. The van der Waals surface area contributed by atoms with Crippen LogP contribution in [0.2, 0.25) is 0 Å². The quantitative estimate of drug-likeness (QED) is 0.725. The summed E-state index contributed by atoms with van der Waals surface area (Å²) >= 11 is 3.45. The molecule has 0 fully saturated rings.